The van der Waals surface area contributed by atoms with Crippen LogP contribution in [0.25, 0.3) is 0 Å². The molecule has 4 nitrogen and oxygen atoms in total. The molecular formula is C27H20Cl2INO3. The Balaban J connectivity index is 1.45. The van der Waals surface area contributed by atoms with Crippen molar-refractivity contribution in [2.45, 2.75) is 6.61 Å². The summed E-state index contributed by atoms with van der Waals surface area (Å²) in [4.78, 5) is 4.57. The monoisotopic (exact) mass is 603 g/mol. The number of methoxy groups -OCH3 is 1. The van der Waals surface area contributed by atoms with Gasteiger partial charge in [0.05, 0.1) is 16.4 Å². The van der Waals surface area contributed by atoms with Crippen molar-refractivity contribution in [1.29, 1.82) is 0 Å². The van der Waals surface area contributed by atoms with E-state index >= 15 is 0 Å². The molecule has 0 atom stereocenters. The van der Waals surface area contributed by atoms with Gasteiger partial charge in [0.15, 0.2) is 11.5 Å². The number of para-hydroxylation sites is 1. The van der Waals surface area contributed by atoms with E-state index in [4.69, 9.17) is 37.4 Å². The highest BCUT2D eigenvalue weighted by Gasteiger charge is 2.12. The van der Waals surface area contributed by atoms with Gasteiger partial charge < -0.3 is 14.2 Å². The van der Waals surface area contributed by atoms with Crippen molar-refractivity contribution >= 4 is 57.7 Å². The molecule has 0 bridgehead atoms. The Morgan fingerprint density at radius 1 is 0.882 bits per heavy atom. The molecule has 0 spiro atoms. The SMILES string of the molecule is COc1cc(C=Nc2ccc(Oc3ccccc3)cc2)cc(I)c1OCc1ccc(Cl)cc1Cl. The van der Waals surface area contributed by atoms with E-state index in [1.165, 1.54) is 0 Å². The van der Waals surface area contributed by atoms with Crippen LogP contribution in [0.1, 0.15) is 11.1 Å². The Kier molecular flexibility index (Phi) is 8.32. The number of rotatable bonds is 8. The fourth-order valence-corrected chi connectivity index (χ4v) is 4.36. The molecular weight excluding hydrogens is 584 g/mol. The van der Waals surface area contributed by atoms with Crippen molar-refractivity contribution in [3.63, 3.8) is 0 Å². The highest BCUT2D eigenvalue weighted by atomic mass is 127. The molecule has 4 rings (SSSR count). The van der Waals surface area contributed by atoms with Gasteiger partial charge in [-0.25, -0.2) is 0 Å². The van der Waals surface area contributed by atoms with Crippen molar-refractivity contribution in [2.75, 3.05) is 7.11 Å². The van der Waals surface area contributed by atoms with E-state index in [0.717, 1.165) is 31.9 Å². The van der Waals surface area contributed by atoms with Gasteiger partial charge in [0.25, 0.3) is 0 Å². The molecule has 0 N–H and O–H groups in total. The molecule has 0 aliphatic carbocycles. The first-order valence-corrected chi connectivity index (χ1v) is 12.2. The van der Waals surface area contributed by atoms with Gasteiger partial charge in [0.2, 0.25) is 0 Å². The quantitative estimate of drug-likeness (QED) is 0.149. The van der Waals surface area contributed by atoms with Gasteiger partial charge in [-0.2, -0.15) is 0 Å². The van der Waals surface area contributed by atoms with Crippen molar-refractivity contribution in [1.82, 2.24) is 0 Å². The summed E-state index contributed by atoms with van der Waals surface area (Å²) < 4.78 is 18.3. The van der Waals surface area contributed by atoms with Gasteiger partial charge in [-0.05, 0) is 88.8 Å². The first-order chi connectivity index (χ1) is 16.5. The van der Waals surface area contributed by atoms with Crippen molar-refractivity contribution in [2.24, 2.45) is 4.99 Å². The van der Waals surface area contributed by atoms with Crippen molar-refractivity contribution in [3.8, 4) is 23.0 Å². The van der Waals surface area contributed by atoms with Crippen LogP contribution in [0.15, 0.2) is 89.9 Å². The summed E-state index contributed by atoms with van der Waals surface area (Å²) in [5.74, 6) is 2.81. The third-order valence-electron chi connectivity index (χ3n) is 4.82. The molecule has 0 heterocycles. The van der Waals surface area contributed by atoms with Gasteiger partial charge in [-0.1, -0.05) is 47.5 Å². The summed E-state index contributed by atoms with van der Waals surface area (Å²) >= 11 is 14.5. The molecule has 0 saturated carbocycles. The average molecular weight is 604 g/mol. The Bertz CT molecular complexity index is 1300. The summed E-state index contributed by atoms with van der Waals surface area (Å²) in [6, 6.07) is 26.5. The lowest BCUT2D eigenvalue weighted by Gasteiger charge is -2.14. The number of halogens is 3. The molecule has 0 aliphatic rings. The van der Waals surface area contributed by atoms with E-state index in [0.29, 0.717) is 28.2 Å². The van der Waals surface area contributed by atoms with Crippen molar-refractivity contribution in [3.05, 3.63) is 110 Å². The zero-order valence-electron chi connectivity index (χ0n) is 18.2. The van der Waals surface area contributed by atoms with E-state index in [1.54, 1.807) is 25.5 Å². The number of nitrogens with zero attached hydrogens (tertiary/aromatic N) is 1. The van der Waals surface area contributed by atoms with Crippen LogP contribution < -0.4 is 14.2 Å². The van der Waals surface area contributed by atoms with Crippen LogP contribution in [0, 0.1) is 3.57 Å². The Morgan fingerprint density at radius 3 is 2.32 bits per heavy atom. The maximum Gasteiger partial charge on any atom is 0.174 e. The minimum Gasteiger partial charge on any atom is -0.493 e. The number of aliphatic imine (C=N–C) groups is 1. The van der Waals surface area contributed by atoms with Crippen LogP contribution in [0.2, 0.25) is 10.0 Å². The molecule has 0 amide bonds. The molecule has 7 heteroatoms. The third-order valence-corrected chi connectivity index (χ3v) is 6.21. The Morgan fingerprint density at radius 2 is 1.62 bits per heavy atom. The van der Waals surface area contributed by atoms with Crippen LogP contribution >= 0.6 is 45.8 Å². The predicted molar refractivity (Wildman–Crippen MR) is 147 cm³/mol. The van der Waals surface area contributed by atoms with Crippen LogP contribution in [0.4, 0.5) is 5.69 Å². The van der Waals surface area contributed by atoms with Gasteiger partial charge in [-0.15, -0.1) is 0 Å². The molecule has 172 valence electrons. The third kappa shape index (κ3) is 6.44. The van der Waals surface area contributed by atoms with Gasteiger partial charge >= 0.3 is 0 Å². The fraction of sp³-hybridized carbons (Fsp3) is 0.0741. The molecule has 4 aromatic rings. The molecule has 4 aromatic carbocycles. The Hall–Kier alpha value is -2.74. The topological polar surface area (TPSA) is 40.0 Å². The van der Waals surface area contributed by atoms with E-state index in [2.05, 4.69) is 27.6 Å². The lowest BCUT2D eigenvalue weighted by molar-refractivity contribution is 0.282. The predicted octanol–water partition coefficient (Wildman–Crippen LogP) is 8.73. The molecule has 0 fully saturated rings. The zero-order chi connectivity index (χ0) is 23.9. The second-order valence-corrected chi connectivity index (χ2v) is 9.23. The number of benzene rings is 4. The minimum atomic E-state index is 0.299. The number of hydrogen-bond donors (Lipinski definition) is 0. The molecule has 0 aromatic heterocycles. The summed E-state index contributed by atoms with van der Waals surface area (Å²) in [5.41, 5.74) is 2.55. The summed E-state index contributed by atoms with van der Waals surface area (Å²) in [5, 5.41) is 1.15. The van der Waals surface area contributed by atoms with E-state index in [9.17, 15) is 0 Å². The summed E-state index contributed by atoms with van der Waals surface area (Å²) in [6.07, 6.45) is 1.79. The van der Waals surface area contributed by atoms with Crippen LogP contribution in [-0.2, 0) is 6.61 Å². The second kappa shape index (κ2) is 11.6. The largest absolute Gasteiger partial charge is 0.493 e. The first kappa shape index (κ1) is 24.4. The molecule has 0 aliphatic heterocycles. The standard InChI is InChI=1S/C27H20Cl2INO3/c1-32-26-14-18(13-25(30)27(26)33-17-19-7-8-20(28)15-24(19)29)16-31-21-9-11-23(12-10-21)34-22-5-3-2-4-6-22/h2-16H,17H2,1H3. The van der Waals surface area contributed by atoms with Gasteiger partial charge in [-0.3, -0.25) is 4.99 Å². The highest BCUT2D eigenvalue weighted by molar-refractivity contribution is 14.1. The maximum absolute atomic E-state index is 6.26. The van der Waals surface area contributed by atoms with E-state index < -0.39 is 0 Å². The average Bonchev–Trinajstić information content (AvgIpc) is 2.84. The number of hydrogen-bond acceptors (Lipinski definition) is 4. The lowest BCUT2D eigenvalue weighted by Crippen LogP contribution is -2.01. The molecule has 0 saturated heterocycles. The zero-order valence-corrected chi connectivity index (χ0v) is 21.8. The summed E-state index contributed by atoms with van der Waals surface area (Å²) in [7, 11) is 1.61. The molecule has 34 heavy (non-hydrogen) atoms. The molecule has 0 unspecified atom stereocenters. The minimum absolute atomic E-state index is 0.299. The maximum atomic E-state index is 6.26. The lowest BCUT2D eigenvalue weighted by atomic mass is 10.2. The highest BCUT2D eigenvalue weighted by Crippen LogP contribution is 2.35. The fourth-order valence-electron chi connectivity index (χ4n) is 3.12. The smallest absolute Gasteiger partial charge is 0.174 e. The summed E-state index contributed by atoms with van der Waals surface area (Å²) in [6.45, 7) is 0.299. The number of ether oxygens (including phenoxy) is 3. The van der Waals surface area contributed by atoms with Gasteiger partial charge in [0.1, 0.15) is 18.1 Å². The van der Waals surface area contributed by atoms with E-state index in [1.807, 2.05) is 72.8 Å². The van der Waals surface area contributed by atoms with Crippen LogP contribution in [0.5, 0.6) is 23.0 Å². The second-order valence-electron chi connectivity index (χ2n) is 7.23. The van der Waals surface area contributed by atoms with E-state index in [-0.39, 0.29) is 0 Å². The van der Waals surface area contributed by atoms with Gasteiger partial charge in [0, 0.05) is 21.8 Å². The first-order valence-electron chi connectivity index (χ1n) is 10.3. The normalized spacial score (nSPS) is 10.9. The van der Waals surface area contributed by atoms with Crippen molar-refractivity contribution < 1.29 is 14.2 Å². The van der Waals surface area contributed by atoms with Crippen LogP contribution in [0.3, 0.4) is 0 Å². The molecule has 0 radical (unpaired) electrons. The Labute approximate surface area is 222 Å². The van der Waals surface area contributed by atoms with Crippen LogP contribution in [-0.4, -0.2) is 13.3 Å².